The van der Waals surface area contributed by atoms with Crippen LogP contribution in [0.3, 0.4) is 0 Å². The molecule has 0 aliphatic carbocycles. The van der Waals surface area contributed by atoms with Crippen molar-refractivity contribution in [2.24, 2.45) is 0 Å². The fourth-order valence-corrected chi connectivity index (χ4v) is 5.30. The van der Waals surface area contributed by atoms with Gasteiger partial charge in [0, 0.05) is 27.7 Å². The predicted molar refractivity (Wildman–Crippen MR) is 116 cm³/mol. The molecule has 0 saturated carbocycles. The molecule has 0 spiro atoms. The van der Waals surface area contributed by atoms with E-state index >= 15 is 0 Å². The lowest BCUT2D eigenvalue weighted by atomic mass is 9.98. The Kier molecular flexibility index (Phi) is 4.69. The summed E-state index contributed by atoms with van der Waals surface area (Å²) < 4.78 is 9.51. The number of pyridine rings is 1. The second kappa shape index (κ2) is 7.21. The summed E-state index contributed by atoms with van der Waals surface area (Å²) in [6, 6.07) is 6.60. The van der Waals surface area contributed by atoms with Gasteiger partial charge in [0.25, 0.3) is 0 Å². The Bertz CT molecular complexity index is 1130. The van der Waals surface area contributed by atoms with E-state index in [-0.39, 0.29) is 12.2 Å². The molecule has 0 radical (unpaired) electrons. The number of fused-ring (bicyclic) bond motifs is 3. The van der Waals surface area contributed by atoms with Gasteiger partial charge in [-0.1, -0.05) is 15.9 Å². The Labute approximate surface area is 175 Å². The molecule has 3 aromatic heterocycles. The summed E-state index contributed by atoms with van der Waals surface area (Å²) in [6.07, 6.45) is 5.07. The van der Waals surface area contributed by atoms with Crippen molar-refractivity contribution in [3.05, 3.63) is 51.3 Å². The number of ether oxygens (including phenoxy) is 1. The molecule has 144 valence electrons. The molecular weight excluding hydrogens is 436 g/mol. The van der Waals surface area contributed by atoms with Gasteiger partial charge in [0.1, 0.15) is 11.3 Å². The van der Waals surface area contributed by atoms with E-state index in [2.05, 4.69) is 61.8 Å². The number of hydrogen-bond acceptors (Lipinski definition) is 5. The molecule has 7 heteroatoms. The van der Waals surface area contributed by atoms with Crippen LogP contribution in [0.15, 0.2) is 39.8 Å². The first-order valence-corrected chi connectivity index (χ1v) is 11.3. The standard InChI is InChI=1S/C21H21BrN4OS/c1-12-5-16(6-13(2)27-12)26-20(8-15-10-28-11-24-15)25-19-9-23-18-4-3-14(22)7-17(18)21(19)26/h3-4,7,9-13,16H,5-6,8H2,1-2H3/t12-,13+,16+. The molecule has 1 aliphatic rings. The maximum atomic E-state index is 6.01. The Morgan fingerprint density at radius 2 is 2.00 bits per heavy atom. The highest BCUT2D eigenvalue weighted by Gasteiger charge is 2.29. The smallest absolute Gasteiger partial charge is 0.116 e. The highest BCUT2D eigenvalue weighted by Crippen LogP contribution is 2.36. The van der Waals surface area contributed by atoms with E-state index in [4.69, 9.17) is 9.72 Å². The summed E-state index contributed by atoms with van der Waals surface area (Å²) in [5.74, 6) is 1.06. The molecular formula is C21H21BrN4OS. The van der Waals surface area contributed by atoms with Crippen LogP contribution in [-0.4, -0.2) is 31.7 Å². The highest BCUT2D eigenvalue weighted by atomic mass is 79.9. The van der Waals surface area contributed by atoms with Gasteiger partial charge in [0.2, 0.25) is 0 Å². The van der Waals surface area contributed by atoms with Crippen LogP contribution >= 0.6 is 27.3 Å². The maximum Gasteiger partial charge on any atom is 0.116 e. The summed E-state index contributed by atoms with van der Waals surface area (Å²) in [5.41, 5.74) is 6.05. The van der Waals surface area contributed by atoms with Gasteiger partial charge < -0.3 is 9.30 Å². The minimum absolute atomic E-state index is 0.234. The average molecular weight is 457 g/mol. The van der Waals surface area contributed by atoms with E-state index < -0.39 is 0 Å². The van der Waals surface area contributed by atoms with Crippen LogP contribution < -0.4 is 0 Å². The topological polar surface area (TPSA) is 52.8 Å². The first-order chi connectivity index (χ1) is 13.6. The number of nitrogens with zero attached hydrogens (tertiary/aromatic N) is 4. The number of rotatable bonds is 3. The summed E-state index contributed by atoms with van der Waals surface area (Å²) >= 11 is 5.25. The van der Waals surface area contributed by atoms with Crippen LogP contribution in [0.5, 0.6) is 0 Å². The predicted octanol–water partition coefficient (Wildman–Crippen LogP) is 5.52. The SMILES string of the molecule is C[C@@H]1C[C@H](n2c(Cc3cscn3)nc3cnc4ccc(Br)cc4c32)C[C@H](C)O1. The van der Waals surface area contributed by atoms with Crippen LogP contribution in [0.1, 0.15) is 44.2 Å². The first-order valence-electron chi connectivity index (χ1n) is 9.56. The van der Waals surface area contributed by atoms with Crippen molar-refractivity contribution >= 4 is 49.2 Å². The van der Waals surface area contributed by atoms with Gasteiger partial charge in [-0.05, 0) is 44.9 Å². The summed E-state index contributed by atoms with van der Waals surface area (Å²) in [4.78, 5) is 14.1. The maximum absolute atomic E-state index is 6.01. The van der Waals surface area contributed by atoms with Crippen molar-refractivity contribution in [2.45, 2.75) is 51.4 Å². The number of halogens is 1. The van der Waals surface area contributed by atoms with Crippen molar-refractivity contribution in [2.75, 3.05) is 0 Å². The van der Waals surface area contributed by atoms with Crippen LogP contribution in [0.2, 0.25) is 0 Å². The molecule has 0 amide bonds. The third kappa shape index (κ3) is 3.25. The lowest BCUT2D eigenvalue weighted by Crippen LogP contribution is -2.31. The molecule has 28 heavy (non-hydrogen) atoms. The van der Waals surface area contributed by atoms with E-state index in [0.29, 0.717) is 6.04 Å². The minimum atomic E-state index is 0.234. The quantitative estimate of drug-likeness (QED) is 0.406. The molecule has 0 bridgehead atoms. The molecule has 4 aromatic rings. The molecule has 0 N–H and O–H groups in total. The van der Waals surface area contributed by atoms with E-state index in [1.54, 1.807) is 11.3 Å². The lowest BCUT2D eigenvalue weighted by Gasteiger charge is -2.34. The number of aromatic nitrogens is 4. The molecule has 1 aliphatic heterocycles. The van der Waals surface area contributed by atoms with Crippen LogP contribution in [0, 0.1) is 0 Å². The van der Waals surface area contributed by atoms with Gasteiger partial charge in [-0.25, -0.2) is 9.97 Å². The number of benzene rings is 1. The average Bonchev–Trinajstić information content (AvgIpc) is 3.28. The van der Waals surface area contributed by atoms with Crippen molar-refractivity contribution < 1.29 is 4.74 Å². The van der Waals surface area contributed by atoms with Crippen molar-refractivity contribution in [1.82, 2.24) is 19.5 Å². The summed E-state index contributed by atoms with van der Waals surface area (Å²) in [7, 11) is 0. The Hall–Kier alpha value is -1.83. The third-order valence-corrected chi connectivity index (χ3v) is 6.54. The summed E-state index contributed by atoms with van der Waals surface area (Å²) in [6.45, 7) is 4.33. The second-order valence-electron chi connectivity index (χ2n) is 7.59. The Balaban J connectivity index is 1.76. The first kappa shape index (κ1) is 18.2. The van der Waals surface area contributed by atoms with Crippen LogP contribution in [-0.2, 0) is 11.2 Å². The molecule has 4 heterocycles. The largest absolute Gasteiger partial charge is 0.375 e. The molecule has 0 unspecified atom stereocenters. The number of imidazole rings is 1. The van der Waals surface area contributed by atoms with Crippen LogP contribution in [0.25, 0.3) is 21.9 Å². The van der Waals surface area contributed by atoms with Gasteiger partial charge in [-0.3, -0.25) is 4.98 Å². The lowest BCUT2D eigenvalue weighted by molar-refractivity contribution is -0.0484. The normalized spacial score (nSPS) is 22.9. The van der Waals surface area contributed by atoms with Crippen molar-refractivity contribution in [3.8, 4) is 0 Å². The van der Waals surface area contributed by atoms with Gasteiger partial charge >= 0.3 is 0 Å². The number of hydrogen-bond donors (Lipinski definition) is 0. The Morgan fingerprint density at radius 1 is 1.18 bits per heavy atom. The Morgan fingerprint density at radius 3 is 2.75 bits per heavy atom. The summed E-state index contributed by atoms with van der Waals surface area (Å²) in [5, 5.41) is 3.24. The van der Waals surface area contributed by atoms with E-state index in [1.165, 1.54) is 5.52 Å². The van der Waals surface area contributed by atoms with Gasteiger partial charge in [-0.15, -0.1) is 11.3 Å². The highest BCUT2D eigenvalue weighted by molar-refractivity contribution is 9.10. The van der Waals surface area contributed by atoms with Crippen molar-refractivity contribution in [1.29, 1.82) is 0 Å². The third-order valence-electron chi connectivity index (χ3n) is 5.41. The zero-order valence-corrected chi connectivity index (χ0v) is 18.2. The van der Waals surface area contributed by atoms with Gasteiger partial charge in [0.15, 0.2) is 0 Å². The molecule has 1 saturated heterocycles. The fraction of sp³-hybridized carbons (Fsp3) is 0.381. The zero-order valence-electron chi connectivity index (χ0n) is 15.8. The zero-order chi connectivity index (χ0) is 19.3. The van der Waals surface area contributed by atoms with E-state index in [9.17, 15) is 0 Å². The molecule has 5 nitrogen and oxygen atoms in total. The van der Waals surface area contributed by atoms with E-state index in [0.717, 1.165) is 51.7 Å². The molecule has 5 rings (SSSR count). The van der Waals surface area contributed by atoms with Crippen LogP contribution in [0.4, 0.5) is 0 Å². The van der Waals surface area contributed by atoms with Gasteiger partial charge in [0.05, 0.1) is 40.6 Å². The van der Waals surface area contributed by atoms with Gasteiger partial charge in [-0.2, -0.15) is 0 Å². The minimum Gasteiger partial charge on any atom is -0.375 e. The molecule has 1 fully saturated rings. The fourth-order valence-electron chi connectivity index (χ4n) is 4.38. The van der Waals surface area contributed by atoms with Crippen molar-refractivity contribution in [3.63, 3.8) is 0 Å². The van der Waals surface area contributed by atoms with E-state index in [1.807, 2.05) is 17.8 Å². The molecule has 3 atom stereocenters. The number of thiazole rings is 1. The second-order valence-corrected chi connectivity index (χ2v) is 9.23. The monoisotopic (exact) mass is 456 g/mol. The molecule has 1 aromatic carbocycles.